The maximum absolute atomic E-state index is 5.94. The van der Waals surface area contributed by atoms with E-state index in [0.717, 1.165) is 11.8 Å². The first-order chi connectivity index (χ1) is 7.77. The minimum atomic E-state index is -2.35. The van der Waals surface area contributed by atoms with Crippen LogP contribution in [0.1, 0.15) is 40.0 Å². The molecule has 4 heteroatoms. The van der Waals surface area contributed by atoms with Gasteiger partial charge in [0.25, 0.3) is 0 Å². The van der Waals surface area contributed by atoms with Crippen LogP contribution in [0.4, 0.5) is 0 Å². The third-order valence-electron chi connectivity index (χ3n) is 3.56. The van der Waals surface area contributed by atoms with Crippen molar-refractivity contribution in [3.63, 3.8) is 0 Å². The van der Waals surface area contributed by atoms with Gasteiger partial charge in [0.15, 0.2) is 0 Å². The fourth-order valence-corrected chi connectivity index (χ4v) is 6.17. The topological polar surface area (TPSA) is 27.7 Å². The summed E-state index contributed by atoms with van der Waals surface area (Å²) < 4.78 is 17.8. The van der Waals surface area contributed by atoms with Gasteiger partial charge in [-0.05, 0) is 51.9 Å². The van der Waals surface area contributed by atoms with Crippen LogP contribution in [-0.4, -0.2) is 28.6 Å². The summed E-state index contributed by atoms with van der Waals surface area (Å²) in [4.78, 5) is 0. The first-order valence-corrected chi connectivity index (χ1v) is 8.49. The van der Waals surface area contributed by atoms with Crippen molar-refractivity contribution in [1.82, 2.24) is 0 Å². The van der Waals surface area contributed by atoms with Crippen molar-refractivity contribution >= 4 is 8.80 Å². The Morgan fingerprint density at radius 2 is 1.44 bits per heavy atom. The molecule has 16 heavy (non-hydrogen) atoms. The van der Waals surface area contributed by atoms with Gasteiger partial charge in [-0.25, -0.2) is 0 Å². The van der Waals surface area contributed by atoms with Crippen LogP contribution in [0.25, 0.3) is 0 Å². The number of hydrogen-bond acceptors (Lipinski definition) is 3. The summed E-state index contributed by atoms with van der Waals surface area (Å²) >= 11 is 0. The zero-order valence-corrected chi connectivity index (χ0v) is 11.7. The first-order valence-electron chi connectivity index (χ1n) is 6.69. The van der Waals surface area contributed by atoms with E-state index < -0.39 is 8.80 Å². The maximum atomic E-state index is 5.94. The van der Waals surface area contributed by atoms with Gasteiger partial charge in [0.2, 0.25) is 0 Å². The molecular weight excluding hydrogens is 220 g/mol. The molecule has 0 bridgehead atoms. The summed E-state index contributed by atoms with van der Waals surface area (Å²) in [6.45, 7) is 8.23. The molecule has 0 aromatic carbocycles. The molecule has 0 aromatic rings. The predicted molar refractivity (Wildman–Crippen MR) is 65.2 cm³/mol. The molecule has 2 rings (SSSR count). The van der Waals surface area contributed by atoms with Crippen molar-refractivity contribution < 1.29 is 13.3 Å². The van der Waals surface area contributed by atoms with E-state index in [2.05, 4.69) is 0 Å². The van der Waals surface area contributed by atoms with Crippen LogP contribution in [0.5, 0.6) is 0 Å². The summed E-state index contributed by atoms with van der Waals surface area (Å²) in [5.41, 5.74) is 0.597. The molecule has 0 aliphatic heterocycles. The number of hydrogen-bond donors (Lipinski definition) is 0. The van der Waals surface area contributed by atoms with Crippen molar-refractivity contribution in [3.05, 3.63) is 0 Å². The Labute approximate surface area is 99.8 Å². The van der Waals surface area contributed by atoms with E-state index >= 15 is 0 Å². The average molecular weight is 244 g/mol. The Morgan fingerprint density at radius 3 is 1.81 bits per heavy atom. The second-order valence-electron chi connectivity index (χ2n) is 4.75. The lowest BCUT2D eigenvalue weighted by atomic mass is 10.3. The van der Waals surface area contributed by atoms with Crippen LogP contribution in [0.2, 0.25) is 5.54 Å². The van der Waals surface area contributed by atoms with Crippen LogP contribution in [0.3, 0.4) is 0 Å². The molecule has 2 unspecified atom stereocenters. The molecule has 2 atom stereocenters. The number of rotatable bonds is 8. The highest BCUT2D eigenvalue weighted by molar-refractivity contribution is 6.63. The Hall–Kier alpha value is 0.0969. The van der Waals surface area contributed by atoms with Crippen LogP contribution in [0.15, 0.2) is 0 Å². The second-order valence-corrected chi connectivity index (χ2v) is 7.56. The Balaban J connectivity index is 1.99. The van der Waals surface area contributed by atoms with E-state index in [4.69, 9.17) is 13.3 Å². The van der Waals surface area contributed by atoms with E-state index in [9.17, 15) is 0 Å². The van der Waals surface area contributed by atoms with E-state index in [0.29, 0.717) is 25.4 Å². The van der Waals surface area contributed by atoms with Crippen molar-refractivity contribution in [2.75, 3.05) is 19.8 Å². The van der Waals surface area contributed by atoms with Gasteiger partial charge in [0.1, 0.15) is 0 Å². The van der Waals surface area contributed by atoms with Gasteiger partial charge in [-0.15, -0.1) is 0 Å². The molecule has 2 aliphatic carbocycles. The summed E-state index contributed by atoms with van der Waals surface area (Å²) in [6, 6.07) is 0. The highest BCUT2D eigenvalue weighted by atomic mass is 28.4. The van der Waals surface area contributed by atoms with Gasteiger partial charge in [-0.2, -0.15) is 0 Å². The van der Waals surface area contributed by atoms with Gasteiger partial charge in [0.05, 0.1) is 0 Å². The Morgan fingerprint density at radius 1 is 0.938 bits per heavy atom. The van der Waals surface area contributed by atoms with E-state index in [1.807, 2.05) is 20.8 Å². The lowest BCUT2D eigenvalue weighted by Gasteiger charge is -2.29. The first kappa shape index (κ1) is 12.6. The molecule has 0 heterocycles. The van der Waals surface area contributed by atoms with E-state index in [-0.39, 0.29) is 0 Å². The lowest BCUT2D eigenvalue weighted by molar-refractivity contribution is 0.0679. The summed E-state index contributed by atoms with van der Waals surface area (Å²) in [7, 11) is -2.35. The summed E-state index contributed by atoms with van der Waals surface area (Å²) in [6.07, 6.45) is 4.10. The fraction of sp³-hybridized carbons (Fsp3) is 1.00. The quantitative estimate of drug-likeness (QED) is 0.615. The average Bonchev–Trinajstić information content (AvgIpc) is 3.11. The smallest absolute Gasteiger partial charge is 0.374 e. The molecule has 2 aliphatic rings. The SMILES string of the molecule is CCO[Si](OCC)(OCC)C1CC1C1CC1. The predicted octanol–water partition coefficient (Wildman–Crippen LogP) is 2.83. The molecule has 0 aromatic heterocycles. The Kier molecular flexibility index (Phi) is 4.05. The minimum absolute atomic E-state index is 0.597. The van der Waals surface area contributed by atoms with Crippen molar-refractivity contribution in [2.24, 2.45) is 11.8 Å². The summed E-state index contributed by atoms with van der Waals surface area (Å²) in [5, 5.41) is 0. The molecule has 0 spiro atoms. The highest BCUT2D eigenvalue weighted by Crippen LogP contribution is 2.62. The molecule has 2 fully saturated rings. The molecule has 0 radical (unpaired) electrons. The van der Waals surface area contributed by atoms with Crippen molar-refractivity contribution in [1.29, 1.82) is 0 Å². The fourth-order valence-electron chi connectivity index (χ4n) is 2.72. The molecule has 0 amide bonds. The molecule has 3 nitrogen and oxygen atoms in total. The molecule has 94 valence electrons. The highest BCUT2D eigenvalue weighted by Gasteiger charge is 2.64. The van der Waals surface area contributed by atoms with Crippen molar-refractivity contribution in [3.8, 4) is 0 Å². The molecule has 0 N–H and O–H groups in total. The monoisotopic (exact) mass is 244 g/mol. The zero-order chi connectivity index (χ0) is 11.6. The van der Waals surface area contributed by atoms with E-state index in [1.54, 1.807) is 0 Å². The van der Waals surface area contributed by atoms with Crippen LogP contribution >= 0.6 is 0 Å². The van der Waals surface area contributed by atoms with Crippen LogP contribution in [0, 0.1) is 11.8 Å². The van der Waals surface area contributed by atoms with Gasteiger partial charge in [0, 0.05) is 25.4 Å². The zero-order valence-electron chi connectivity index (χ0n) is 10.7. The second kappa shape index (κ2) is 5.17. The standard InChI is InChI=1S/C12H24O3Si/c1-4-13-16(14-5-2,15-6-3)12-9-11(12)10-7-8-10/h10-12H,4-9H2,1-3H3. The third kappa shape index (κ3) is 2.50. The third-order valence-corrected chi connectivity index (χ3v) is 7.20. The van der Waals surface area contributed by atoms with Gasteiger partial charge in [-0.1, -0.05) is 0 Å². The Bertz CT molecular complexity index is 213. The van der Waals surface area contributed by atoms with E-state index in [1.165, 1.54) is 19.3 Å². The normalized spacial score (nSPS) is 29.4. The lowest BCUT2D eigenvalue weighted by Crippen LogP contribution is -2.47. The van der Waals surface area contributed by atoms with Gasteiger partial charge < -0.3 is 13.3 Å². The molecular formula is C12H24O3Si. The van der Waals surface area contributed by atoms with Gasteiger partial charge >= 0.3 is 8.80 Å². The summed E-state index contributed by atoms with van der Waals surface area (Å²) in [5.74, 6) is 1.80. The van der Waals surface area contributed by atoms with Crippen molar-refractivity contribution in [2.45, 2.75) is 45.6 Å². The minimum Gasteiger partial charge on any atom is -0.374 e. The molecule has 0 saturated heterocycles. The van der Waals surface area contributed by atoms with Crippen LogP contribution in [-0.2, 0) is 13.3 Å². The maximum Gasteiger partial charge on any atom is 0.504 e. The largest absolute Gasteiger partial charge is 0.504 e. The van der Waals surface area contributed by atoms with Gasteiger partial charge in [-0.3, -0.25) is 0 Å². The molecule has 2 saturated carbocycles. The van der Waals surface area contributed by atoms with Crippen LogP contribution < -0.4 is 0 Å².